The molecule has 0 aromatic heterocycles. The van der Waals surface area contributed by atoms with E-state index in [1.54, 1.807) is 19.1 Å². The number of carbonyl (C=O) groups excluding carboxylic acids is 2. The van der Waals surface area contributed by atoms with Crippen molar-refractivity contribution in [3.63, 3.8) is 0 Å². The maximum atomic E-state index is 13.4. The second kappa shape index (κ2) is 9.55. The first-order valence-electron chi connectivity index (χ1n) is 11.3. The molecule has 0 saturated heterocycles. The molecule has 6 nitrogen and oxygen atoms in total. The molecular weight excluding hydrogens is 454 g/mol. The first-order valence-corrected chi connectivity index (χ1v) is 11.6. The largest absolute Gasteiger partial charge is 0.489 e. The summed E-state index contributed by atoms with van der Waals surface area (Å²) in [6.45, 7) is 6.20. The van der Waals surface area contributed by atoms with E-state index in [4.69, 9.17) is 31.5 Å². The molecular formula is C27H28ClNO5. The number of ether oxygens (including phenoxy) is 3. The lowest BCUT2D eigenvalue weighted by atomic mass is 9.70. The van der Waals surface area contributed by atoms with E-state index < -0.39 is 11.9 Å². The monoisotopic (exact) mass is 481 g/mol. The van der Waals surface area contributed by atoms with Crippen LogP contribution in [-0.4, -0.2) is 18.4 Å². The highest BCUT2D eigenvalue weighted by Crippen LogP contribution is 2.49. The van der Waals surface area contributed by atoms with E-state index in [1.165, 1.54) is 0 Å². The van der Waals surface area contributed by atoms with Crippen LogP contribution < -0.4 is 10.5 Å². The average molecular weight is 482 g/mol. The molecule has 0 fully saturated rings. The topological polar surface area (TPSA) is 87.9 Å². The van der Waals surface area contributed by atoms with Crippen molar-refractivity contribution in [3.8, 4) is 5.75 Å². The fraction of sp³-hybridized carbons (Fsp3) is 0.333. The second-order valence-electron chi connectivity index (χ2n) is 9.26. The SMILES string of the molecule is CCOC(=O)C1=C(N)OC2=C(C(=O)CC(C)(C)C2)[C@H]1c1ccccc1OCc1ccc(Cl)cc1. The molecule has 4 rings (SSSR count). The van der Waals surface area contributed by atoms with Gasteiger partial charge in [-0.05, 0) is 36.1 Å². The summed E-state index contributed by atoms with van der Waals surface area (Å²) in [5.74, 6) is -0.416. The van der Waals surface area contributed by atoms with Gasteiger partial charge in [0.1, 0.15) is 23.7 Å². The van der Waals surface area contributed by atoms with Gasteiger partial charge >= 0.3 is 5.97 Å². The van der Waals surface area contributed by atoms with Crippen LogP contribution in [0.15, 0.2) is 71.3 Å². The summed E-state index contributed by atoms with van der Waals surface area (Å²) in [6, 6.07) is 14.7. The van der Waals surface area contributed by atoms with Gasteiger partial charge in [0.25, 0.3) is 0 Å². The van der Waals surface area contributed by atoms with E-state index in [2.05, 4.69) is 0 Å². The van der Waals surface area contributed by atoms with Crippen LogP contribution >= 0.6 is 11.6 Å². The molecule has 34 heavy (non-hydrogen) atoms. The summed E-state index contributed by atoms with van der Waals surface area (Å²) in [7, 11) is 0. The Hall–Kier alpha value is -3.25. The number of esters is 1. The Bertz CT molecular complexity index is 1180. The predicted molar refractivity (Wildman–Crippen MR) is 129 cm³/mol. The smallest absolute Gasteiger partial charge is 0.340 e. The van der Waals surface area contributed by atoms with Crippen LogP contribution in [0.3, 0.4) is 0 Å². The van der Waals surface area contributed by atoms with Crippen molar-refractivity contribution in [2.75, 3.05) is 6.61 Å². The van der Waals surface area contributed by atoms with Crippen molar-refractivity contribution in [3.05, 3.63) is 87.5 Å². The first-order chi connectivity index (χ1) is 16.2. The zero-order valence-electron chi connectivity index (χ0n) is 19.5. The summed E-state index contributed by atoms with van der Waals surface area (Å²) in [5.41, 5.74) is 8.15. The number of halogens is 1. The number of benzene rings is 2. The third kappa shape index (κ3) is 4.82. The van der Waals surface area contributed by atoms with Gasteiger partial charge in [-0.1, -0.05) is 55.8 Å². The van der Waals surface area contributed by atoms with Crippen LogP contribution in [-0.2, 0) is 25.7 Å². The number of allylic oxidation sites excluding steroid dienone is 2. The highest BCUT2D eigenvalue weighted by molar-refractivity contribution is 6.30. The number of Topliss-reactive ketones (excluding diaryl/α,β-unsaturated/α-hetero) is 1. The number of hydrogen-bond donors (Lipinski definition) is 1. The molecule has 1 aliphatic carbocycles. The minimum absolute atomic E-state index is 0.0415. The molecule has 178 valence electrons. The summed E-state index contributed by atoms with van der Waals surface area (Å²) in [5, 5.41) is 0.643. The van der Waals surface area contributed by atoms with Crippen molar-refractivity contribution in [2.45, 2.75) is 46.1 Å². The van der Waals surface area contributed by atoms with Gasteiger partial charge in [-0.15, -0.1) is 0 Å². The molecule has 7 heteroatoms. The predicted octanol–water partition coefficient (Wildman–Crippen LogP) is 5.41. The van der Waals surface area contributed by atoms with E-state index >= 15 is 0 Å². The summed E-state index contributed by atoms with van der Waals surface area (Å²) < 4.78 is 17.3. The van der Waals surface area contributed by atoms with Gasteiger partial charge in [0, 0.05) is 29.0 Å². The number of nitrogens with two attached hydrogens (primary N) is 1. The van der Waals surface area contributed by atoms with Gasteiger partial charge in [-0.25, -0.2) is 4.79 Å². The van der Waals surface area contributed by atoms with Crippen molar-refractivity contribution < 1.29 is 23.8 Å². The van der Waals surface area contributed by atoms with Gasteiger partial charge in [-0.3, -0.25) is 4.79 Å². The standard InChI is InChI=1S/C27H28ClNO5/c1-4-32-26(31)24-22(23-19(30)13-27(2,3)14-21(23)34-25(24)29)18-7-5-6-8-20(18)33-15-16-9-11-17(28)12-10-16/h5-12,22H,4,13-15,29H2,1-3H3/t22-/m1/s1. The molecule has 0 spiro atoms. The fourth-order valence-corrected chi connectivity index (χ4v) is 4.62. The molecule has 0 radical (unpaired) electrons. The van der Waals surface area contributed by atoms with Crippen molar-refractivity contribution in [1.29, 1.82) is 0 Å². The molecule has 2 N–H and O–H groups in total. The van der Waals surface area contributed by atoms with Gasteiger partial charge in [0.15, 0.2) is 5.78 Å². The summed E-state index contributed by atoms with van der Waals surface area (Å²) in [4.78, 5) is 26.4. The molecule has 0 unspecified atom stereocenters. The zero-order valence-corrected chi connectivity index (χ0v) is 20.3. The van der Waals surface area contributed by atoms with Crippen molar-refractivity contribution in [2.24, 2.45) is 11.1 Å². The molecule has 0 saturated carbocycles. The van der Waals surface area contributed by atoms with Crippen LogP contribution in [0, 0.1) is 5.41 Å². The number of rotatable bonds is 6. The normalized spacial score (nSPS) is 19.4. The molecule has 0 bridgehead atoms. The van der Waals surface area contributed by atoms with Crippen molar-refractivity contribution >= 4 is 23.4 Å². The Morgan fingerprint density at radius 2 is 1.85 bits per heavy atom. The van der Waals surface area contributed by atoms with Gasteiger partial charge < -0.3 is 19.9 Å². The maximum Gasteiger partial charge on any atom is 0.340 e. The summed E-state index contributed by atoms with van der Waals surface area (Å²) >= 11 is 5.99. The number of hydrogen-bond acceptors (Lipinski definition) is 6. The van der Waals surface area contributed by atoms with Crippen LogP contribution in [0.1, 0.15) is 50.7 Å². The second-order valence-corrected chi connectivity index (χ2v) is 9.70. The van der Waals surface area contributed by atoms with Gasteiger partial charge in [0.05, 0.1) is 12.5 Å². The Morgan fingerprint density at radius 3 is 2.56 bits per heavy atom. The molecule has 2 aromatic carbocycles. The van der Waals surface area contributed by atoms with E-state index in [0.29, 0.717) is 40.5 Å². The van der Waals surface area contributed by atoms with Crippen LogP contribution in [0.2, 0.25) is 5.02 Å². The highest BCUT2D eigenvalue weighted by Gasteiger charge is 2.45. The van der Waals surface area contributed by atoms with E-state index in [1.807, 2.05) is 50.2 Å². The minimum atomic E-state index is -0.743. The Labute approximate surface area is 204 Å². The van der Waals surface area contributed by atoms with Crippen molar-refractivity contribution in [1.82, 2.24) is 0 Å². The van der Waals surface area contributed by atoms with Gasteiger partial charge in [-0.2, -0.15) is 0 Å². The number of carbonyl (C=O) groups is 2. The lowest BCUT2D eigenvalue weighted by Gasteiger charge is -2.38. The maximum absolute atomic E-state index is 13.4. The molecule has 0 amide bonds. The Balaban J connectivity index is 1.79. The minimum Gasteiger partial charge on any atom is -0.489 e. The van der Waals surface area contributed by atoms with E-state index in [9.17, 15) is 9.59 Å². The number of ketones is 1. The first kappa shape index (κ1) is 23.9. The van der Waals surface area contributed by atoms with Crippen LogP contribution in [0.5, 0.6) is 5.75 Å². The zero-order chi connectivity index (χ0) is 24.5. The third-order valence-corrected chi connectivity index (χ3v) is 6.24. The van der Waals surface area contributed by atoms with E-state index in [-0.39, 0.29) is 35.9 Å². The number of para-hydroxylation sites is 1. The molecule has 2 aliphatic rings. The Kier molecular flexibility index (Phi) is 6.71. The average Bonchev–Trinajstić information content (AvgIpc) is 2.77. The Morgan fingerprint density at radius 1 is 1.15 bits per heavy atom. The van der Waals surface area contributed by atoms with E-state index in [0.717, 1.165) is 5.56 Å². The van der Waals surface area contributed by atoms with Gasteiger partial charge in [0.2, 0.25) is 5.88 Å². The third-order valence-electron chi connectivity index (χ3n) is 5.99. The lowest BCUT2D eigenvalue weighted by molar-refractivity contribution is -0.139. The lowest BCUT2D eigenvalue weighted by Crippen LogP contribution is -2.35. The van der Waals surface area contributed by atoms with Crippen LogP contribution in [0.4, 0.5) is 0 Å². The molecule has 1 heterocycles. The summed E-state index contributed by atoms with van der Waals surface area (Å²) in [6.07, 6.45) is 0.880. The molecule has 1 atom stereocenters. The fourth-order valence-electron chi connectivity index (χ4n) is 4.50. The highest BCUT2D eigenvalue weighted by atomic mass is 35.5. The van der Waals surface area contributed by atoms with Crippen LogP contribution in [0.25, 0.3) is 0 Å². The molecule has 2 aromatic rings. The quantitative estimate of drug-likeness (QED) is 0.555. The molecule has 1 aliphatic heterocycles.